The summed E-state index contributed by atoms with van der Waals surface area (Å²) in [6.45, 7) is 6.71. The highest BCUT2D eigenvalue weighted by Crippen LogP contribution is 2.29. The second-order valence-electron chi connectivity index (χ2n) is 7.26. The van der Waals surface area contributed by atoms with E-state index < -0.39 is 5.97 Å². The van der Waals surface area contributed by atoms with Crippen LogP contribution in [0.5, 0.6) is 0 Å². The number of nitrogens with zero attached hydrogens (tertiary/aromatic N) is 5. The highest BCUT2D eigenvalue weighted by molar-refractivity contribution is 6.04. The van der Waals surface area contributed by atoms with E-state index in [1.165, 1.54) is 12.8 Å². The Kier molecular flexibility index (Phi) is 5.33. The lowest BCUT2D eigenvalue weighted by Gasteiger charge is -2.21. The van der Waals surface area contributed by atoms with Crippen molar-refractivity contribution in [3.05, 3.63) is 41.3 Å². The van der Waals surface area contributed by atoms with Gasteiger partial charge < -0.3 is 15.0 Å². The smallest absolute Gasteiger partial charge is 0.341 e. The Balaban J connectivity index is 1.69. The summed E-state index contributed by atoms with van der Waals surface area (Å²) in [5.41, 5.74) is 3.91. The van der Waals surface area contributed by atoms with Crippen molar-refractivity contribution in [2.45, 2.75) is 33.2 Å². The summed E-state index contributed by atoms with van der Waals surface area (Å²) in [4.78, 5) is 24.0. The van der Waals surface area contributed by atoms with Crippen molar-refractivity contribution in [1.29, 1.82) is 0 Å². The molecule has 0 bridgehead atoms. The van der Waals surface area contributed by atoms with Gasteiger partial charge in [-0.25, -0.2) is 14.8 Å². The number of carbonyl (C=O) groups excluding carboxylic acids is 1. The van der Waals surface area contributed by atoms with Crippen LogP contribution in [0, 0.1) is 6.92 Å². The third-order valence-corrected chi connectivity index (χ3v) is 5.21. The minimum absolute atomic E-state index is 0.310. The van der Waals surface area contributed by atoms with Crippen LogP contribution < -0.4 is 10.2 Å². The van der Waals surface area contributed by atoms with Gasteiger partial charge in [0, 0.05) is 44.1 Å². The Morgan fingerprint density at radius 2 is 2.03 bits per heavy atom. The number of rotatable bonds is 6. The molecule has 0 unspecified atom stereocenters. The number of aryl methyl sites for hydroxylation is 2. The van der Waals surface area contributed by atoms with E-state index in [1.54, 1.807) is 24.0 Å². The van der Waals surface area contributed by atoms with E-state index in [0.29, 0.717) is 30.0 Å². The van der Waals surface area contributed by atoms with Crippen LogP contribution in [0.25, 0.3) is 11.0 Å². The molecule has 0 aliphatic carbocycles. The van der Waals surface area contributed by atoms with Crippen LogP contribution in [-0.2, 0) is 18.3 Å². The van der Waals surface area contributed by atoms with Crippen molar-refractivity contribution in [2.75, 3.05) is 29.9 Å². The molecule has 29 heavy (non-hydrogen) atoms. The van der Waals surface area contributed by atoms with Gasteiger partial charge in [-0.3, -0.25) is 4.68 Å². The van der Waals surface area contributed by atoms with Gasteiger partial charge in [0.2, 0.25) is 0 Å². The quantitative estimate of drug-likeness (QED) is 0.643. The molecular weight excluding hydrogens is 368 g/mol. The van der Waals surface area contributed by atoms with Crippen LogP contribution in [0.4, 0.5) is 11.5 Å². The van der Waals surface area contributed by atoms with Crippen molar-refractivity contribution < 1.29 is 9.53 Å². The molecule has 0 aromatic carbocycles. The van der Waals surface area contributed by atoms with Crippen LogP contribution in [-0.4, -0.2) is 45.4 Å². The lowest BCUT2D eigenvalue weighted by molar-refractivity contribution is 0.0527. The molecule has 1 aliphatic rings. The van der Waals surface area contributed by atoms with Crippen LogP contribution in [0.1, 0.15) is 41.4 Å². The molecule has 3 aromatic heterocycles. The highest BCUT2D eigenvalue weighted by atomic mass is 16.5. The van der Waals surface area contributed by atoms with Gasteiger partial charge in [-0.15, -0.1) is 0 Å². The Bertz CT molecular complexity index is 1040. The van der Waals surface area contributed by atoms with Crippen LogP contribution >= 0.6 is 0 Å². The van der Waals surface area contributed by atoms with E-state index in [2.05, 4.69) is 26.4 Å². The zero-order chi connectivity index (χ0) is 20.4. The zero-order valence-electron chi connectivity index (χ0n) is 17.1. The molecule has 0 atom stereocenters. The second-order valence-corrected chi connectivity index (χ2v) is 7.26. The van der Waals surface area contributed by atoms with Gasteiger partial charge in [-0.2, -0.15) is 5.10 Å². The third kappa shape index (κ3) is 3.74. The predicted molar refractivity (Wildman–Crippen MR) is 112 cm³/mol. The normalized spacial score (nSPS) is 13.8. The van der Waals surface area contributed by atoms with Crippen LogP contribution in [0.3, 0.4) is 0 Å². The Morgan fingerprint density at radius 1 is 1.24 bits per heavy atom. The van der Waals surface area contributed by atoms with E-state index >= 15 is 0 Å². The molecule has 152 valence electrons. The van der Waals surface area contributed by atoms with Crippen molar-refractivity contribution in [1.82, 2.24) is 19.7 Å². The van der Waals surface area contributed by atoms with Crippen molar-refractivity contribution in [2.24, 2.45) is 7.05 Å². The maximum Gasteiger partial charge on any atom is 0.341 e. The molecule has 0 spiro atoms. The summed E-state index contributed by atoms with van der Waals surface area (Å²) in [7, 11) is 1.83. The minimum Gasteiger partial charge on any atom is -0.462 e. The molecule has 1 aliphatic heterocycles. The monoisotopic (exact) mass is 394 g/mol. The van der Waals surface area contributed by atoms with Gasteiger partial charge in [0.05, 0.1) is 23.9 Å². The lowest BCUT2D eigenvalue weighted by atomic mass is 10.1. The molecular formula is C21H26N6O2. The van der Waals surface area contributed by atoms with Gasteiger partial charge in [0.25, 0.3) is 0 Å². The second kappa shape index (κ2) is 8.06. The first-order valence-electron chi connectivity index (χ1n) is 10.0. The summed E-state index contributed by atoms with van der Waals surface area (Å²) in [5.74, 6) is 0.624. The topological polar surface area (TPSA) is 85.2 Å². The number of fused-ring (bicyclic) bond motifs is 1. The standard InChI is InChI=1S/C21H26N6O2/c1-4-29-21(28)17-12-23-20-16(13-24-26(20)3)18(17)22-11-15-8-7-14(2)25-19(15)27-9-5-6-10-27/h7-8,12-13H,4-6,9-11H2,1-3H3,(H,22,23). The first kappa shape index (κ1) is 19.2. The molecule has 8 heteroatoms. The maximum absolute atomic E-state index is 12.5. The fourth-order valence-corrected chi connectivity index (χ4v) is 3.75. The molecule has 1 N–H and O–H groups in total. The van der Waals surface area contributed by atoms with E-state index in [-0.39, 0.29) is 0 Å². The van der Waals surface area contributed by atoms with Crippen LogP contribution in [0.2, 0.25) is 0 Å². The molecule has 0 saturated carbocycles. The summed E-state index contributed by atoms with van der Waals surface area (Å²) >= 11 is 0. The van der Waals surface area contributed by atoms with E-state index in [4.69, 9.17) is 9.72 Å². The fraction of sp³-hybridized carbons (Fsp3) is 0.429. The zero-order valence-corrected chi connectivity index (χ0v) is 17.1. The molecule has 1 saturated heterocycles. The number of hydrogen-bond acceptors (Lipinski definition) is 7. The first-order valence-corrected chi connectivity index (χ1v) is 10.0. The van der Waals surface area contributed by atoms with Gasteiger partial charge in [-0.05, 0) is 32.8 Å². The molecule has 0 radical (unpaired) electrons. The lowest BCUT2D eigenvalue weighted by Crippen LogP contribution is -2.22. The number of ether oxygens (including phenoxy) is 1. The summed E-state index contributed by atoms with van der Waals surface area (Å²) in [6.07, 6.45) is 5.66. The number of pyridine rings is 2. The largest absolute Gasteiger partial charge is 0.462 e. The average Bonchev–Trinajstić information content (AvgIpc) is 3.37. The van der Waals surface area contributed by atoms with Crippen LogP contribution in [0.15, 0.2) is 24.5 Å². The number of aromatic nitrogens is 4. The van der Waals surface area contributed by atoms with E-state index in [9.17, 15) is 4.79 Å². The van der Waals surface area contributed by atoms with Crippen molar-refractivity contribution in [3.8, 4) is 0 Å². The van der Waals surface area contributed by atoms with Gasteiger partial charge in [0.1, 0.15) is 11.4 Å². The van der Waals surface area contributed by atoms with E-state index in [0.717, 1.165) is 35.6 Å². The Labute approximate surface area is 169 Å². The maximum atomic E-state index is 12.5. The number of carbonyl (C=O) groups is 1. The highest BCUT2D eigenvalue weighted by Gasteiger charge is 2.21. The average molecular weight is 394 g/mol. The summed E-state index contributed by atoms with van der Waals surface area (Å²) < 4.78 is 6.92. The van der Waals surface area contributed by atoms with E-state index in [1.807, 2.05) is 20.0 Å². The molecule has 3 aromatic rings. The summed E-state index contributed by atoms with van der Waals surface area (Å²) in [6, 6.07) is 4.13. The molecule has 0 amide bonds. The number of anilines is 2. The molecule has 4 heterocycles. The van der Waals surface area contributed by atoms with Gasteiger partial charge >= 0.3 is 5.97 Å². The third-order valence-electron chi connectivity index (χ3n) is 5.21. The predicted octanol–water partition coefficient (Wildman–Crippen LogP) is 3.06. The minimum atomic E-state index is -0.393. The van der Waals surface area contributed by atoms with Gasteiger partial charge in [0.15, 0.2) is 5.65 Å². The number of esters is 1. The van der Waals surface area contributed by atoms with Crippen molar-refractivity contribution in [3.63, 3.8) is 0 Å². The number of hydrogen-bond donors (Lipinski definition) is 1. The van der Waals surface area contributed by atoms with Crippen molar-refractivity contribution >= 4 is 28.5 Å². The Hall–Kier alpha value is -3.16. The molecule has 4 rings (SSSR count). The number of nitrogens with one attached hydrogen (secondary N) is 1. The SMILES string of the molecule is CCOC(=O)c1cnc2c(cnn2C)c1NCc1ccc(C)nc1N1CCCC1. The first-order chi connectivity index (χ1) is 14.1. The Morgan fingerprint density at radius 3 is 2.79 bits per heavy atom. The summed E-state index contributed by atoms with van der Waals surface area (Å²) in [5, 5.41) is 8.53. The molecule has 8 nitrogen and oxygen atoms in total. The van der Waals surface area contributed by atoms with Gasteiger partial charge in [-0.1, -0.05) is 6.07 Å². The molecule has 1 fully saturated rings. The fourth-order valence-electron chi connectivity index (χ4n) is 3.75.